The van der Waals surface area contributed by atoms with Crippen molar-refractivity contribution in [1.82, 2.24) is 5.43 Å². The first kappa shape index (κ1) is 32.4. The van der Waals surface area contributed by atoms with E-state index in [0.717, 1.165) is 19.4 Å². The van der Waals surface area contributed by atoms with Crippen LogP contribution in [0.1, 0.15) is 173 Å². The molecular formula is C29H60N2O2. The zero-order valence-electron chi connectivity index (χ0n) is 22.2. The minimum Gasteiger partial charge on any atom is -0.481 e. The Labute approximate surface area is 207 Å². The molecule has 0 aliphatic carbocycles. The third-order valence-corrected chi connectivity index (χ3v) is 6.96. The van der Waals surface area contributed by atoms with Crippen LogP contribution in [0.2, 0.25) is 0 Å². The zero-order valence-corrected chi connectivity index (χ0v) is 22.2. The number of nitrogens with two attached hydrogens (primary N) is 1. The summed E-state index contributed by atoms with van der Waals surface area (Å²) in [5.41, 5.74) is 2.73. The van der Waals surface area contributed by atoms with E-state index in [9.17, 15) is 4.79 Å². The van der Waals surface area contributed by atoms with E-state index < -0.39 is 5.97 Å². The molecule has 0 spiro atoms. The van der Waals surface area contributed by atoms with E-state index in [4.69, 9.17) is 10.9 Å². The summed E-state index contributed by atoms with van der Waals surface area (Å²) < 4.78 is 0. The molecule has 4 N–H and O–H groups in total. The predicted octanol–water partition coefficient (Wildman–Crippen LogP) is 9.07. The first-order chi connectivity index (χ1) is 16.3. The van der Waals surface area contributed by atoms with Crippen LogP contribution in [0.3, 0.4) is 0 Å². The predicted molar refractivity (Wildman–Crippen MR) is 144 cm³/mol. The highest BCUT2D eigenvalue weighted by Crippen LogP contribution is 2.16. The summed E-state index contributed by atoms with van der Waals surface area (Å²) in [6.45, 7) is 0.961. The van der Waals surface area contributed by atoms with Crippen molar-refractivity contribution >= 4 is 5.97 Å². The van der Waals surface area contributed by atoms with Crippen LogP contribution in [0.15, 0.2) is 0 Å². The lowest BCUT2D eigenvalue weighted by Gasteiger charge is -2.04. The fourth-order valence-electron chi connectivity index (χ4n) is 4.75. The van der Waals surface area contributed by atoms with E-state index in [1.54, 1.807) is 0 Å². The number of nitrogens with one attached hydrogen (secondary N) is 1. The molecule has 0 aromatic carbocycles. The van der Waals surface area contributed by atoms with Crippen molar-refractivity contribution in [3.05, 3.63) is 0 Å². The second-order valence-electron chi connectivity index (χ2n) is 10.3. The molecule has 0 atom stereocenters. The molecule has 0 aliphatic heterocycles. The van der Waals surface area contributed by atoms with Crippen LogP contribution in [-0.2, 0) is 4.79 Å². The van der Waals surface area contributed by atoms with Gasteiger partial charge in [-0.05, 0) is 12.8 Å². The normalized spacial score (nSPS) is 11.3. The maximum atomic E-state index is 10.4. The summed E-state index contributed by atoms with van der Waals surface area (Å²) in [5, 5.41) is 8.61. The Morgan fingerprint density at radius 2 is 0.636 bits per heavy atom. The average Bonchev–Trinajstić information content (AvgIpc) is 2.80. The third kappa shape index (κ3) is 31.4. The lowest BCUT2D eigenvalue weighted by molar-refractivity contribution is -0.137. The number of carboxylic acids is 1. The molecular weight excluding hydrogens is 408 g/mol. The van der Waals surface area contributed by atoms with Gasteiger partial charge in [-0.3, -0.25) is 16.1 Å². The first-order valence-electron chi connectivity index (χ1n) is 14.9. The molecule has 0 bridgehead atoms. The standard InChI is InChI=1S/C29H60N2O2/c30-31-28-26-24-22-20-18-16-14-12-10-8-6-4-2-1-3-5-7-9-11-13-15-17-19-21-23-25-27-29(32)33/h31H,1-28,30H2,(H,32,33). The van der Waals surface area contributed by atoms with Crippen molar-refractivity contribution in [2.75, 3.05) is 6.54 Å². The van der Waals surface area contributed by atoms with E-state index in [0.29, 0.717) is 6.42 Å². The summed E-state index contributed by atoms with van der Waals surface area (Å²) in [6, 6.07) is 0. The number of rotatable bonds is 29. The number of hydrogen-bond acceptors (Lipinski definition) is 3. The van der Waals surface area contributed by atoms with E-state index in [1.807, 2.05) is 0 Å². The van der Waals surface area contributed by atoms with E-state index >= 15 is 0 Å². The monoisotopic (exact) mass is 468 g/mol. The van der Waals surface area contributed by atoms with Crippen molar-refractivity contribution in [2.45, 2.75) is 173 Å². The Bertz CT molecular complexity index is 377. The average molecular weight is 469 g/mol. The topological polar surface area (TPSA) is 75.3 Å². The molecule has 0 aliphatic rings. The molecule has 0 aromatic heterocycles. The Morgan fingerprint density at radius 1 is 0.424 bits per heavy atom. The third-order valence-electron chi connectivity index (χ3n) is 6.96. The molecule has 198 valence electrons. The number of unbranched alkanes of at least 4 members (excludes halogenated alkanes) is 25. The summed E-state index contributed by atoms with van der Waals surface area (Å²) in [5.74, 6) is 4.63. The minimum absolute atomic E-state index is 0.343. The van der Waals surface area contributed by atoms with Gasteiger partial charge >= 0.3 is 5.97 Å². The van der Waals surface area contributed by atoms with Gasteiger partial charge in [0, 0.05) is 13.0 Å². The van der Waals surface area contributed by atoms with Crippen LogP contribution in [0.4, 0.5) is 0 Å². The number of carboxylic acid groups (broad SMARTS) is 1. The number of carbonyl (C=O) groups is 1. The summed E-state index contributed by atoms with van der Waals surface area (Å²) >= 11 is 0. The van der Waals surface area contributed by atoms with Crippen molar-refractivity contribution in [2.24, 2.45) is 5.84 Å². The Balaban J connectivity index is 3.01. The molecule has 0 radical (unpaired) electrons. The van der Waals surface area contributed by atoms with Crippen molar-refractivity contribution < 1.29 is 9.90 Å². The zero-order chi connectivity index (χ0) is 24.1. The van der Waals surface area contributed by atoms with Crippen molar-refractivity contribution in [1.29, 1.82) is 0 Å². The maximum absolute atomic E-state index is 10.4. The van der Waals surface area contributed by atoms with Gasteiger partial charge in [0.25, 0.3) is 0 Å². The molecule has 0 heterocycles. The van der Waals surface area contributed by atoms with Crippen molar-refractivity contribution in [3.63, 3.8) is 0 Å². The van der Waals surface area contributed by atoms with Gasteiger partial charge in [-0.2, -0.15) is 0 Å². The number of aliphatic carboxylic acids is 1. The van der Waals surface area contributed by atoms with Crippen LogP contribution >= 0.6 is 0 Å². The van der Waals surface area contributed by atoms with Gasteiger partial charge in [-0.15, -0.1) is 0 Å². The molecule has 0 aromatic rings. The minimum atomic E-state index is -0.652. The first-order valence-corrected chi connectivity index (χ1v) is 14.9. The molecule has 0 saturated heterocycles. The van der Waals surface area contributed by atoms with Crippen LogP contribution < -0.4 is 11.3 Å². The molecule has 0 amide bonds. The molecule has 0 unspecified atom stereocenters. The van der Waals surface area contributed by atoms with Gasteiger partial charge < -0.3 is 5.11 Å². The van der Waals surface area contributed by atoms with Gasteiger partial charge in [0.1, 0.15) is 0 Å². The van der Waals surface area contributed by atoms with Gasteiger partial charge in [0.2, 0.25) is 0 Å². The highest BCUT2D eigenvalue weighted by atomic mass is 16.4. The summed E-state index contributed by atoms with van der Waals surface area (Å²) in [6.07, 6.45) is 35.8. The second-order valence-corrected chi connectivity index (χ2v) is 10.3. The van der Waals surface area contributed by atoms with Gasteiger partial charge in [-0.1, -0.05) is 154 Å². The molecule has 0 saturated carbocycles. The maximum Gasteiger partial charge on any atom is 0.303 e. The Hall–Kier alpha value is -0.610. The lowest BCUT2D eigenvalue weighted by Crippen LogP contribution is -2.22. The summed E-state index contributed by atoms with van der Waals surface area (Å²) in [7, 11) is 0. The largest absolute Gasteiger partial charge is 0.481 e. The Morgan fingerprint density at radius 3 is 0.848 bits per heavy atom. The smallest absolute Gasteiger partial charge is 0.303 e. The fraction of sp³-hybridized carbons (Fsp3) is 0.966. The molecule has 0 fully saturated rings. The highest BCUT2D eigenvalue weighted by Gasteiger charge is 1.98. The fourth-order valence-corrected chi connectivity index (χ4v) is 4.75. The van der Waals surface area contributed by atoms with Crippen LogP contribution in [0.25, 0.3) is 0 Å². The van der Waals surface area contributed by atoms with Gasteiger partial charge in [-0.25, -0.2) is 0 Å². The van der Waals surface area contributed by atoms with Crippen LogP contribution in [0, 0.1) is 0 Å². The second kappa shape index (κ2) is 29.4. The molecule has 0 rings (SSSR count). The molecule has 33 heavy (non-hydrogen) atoms. The van der Waals surface area contributed by atoms with Gasteiger partial charge in [0.15, 0.2) is 0 Å². The van der Waals surface area contributed by atoms with Crippen LogP contribution in [-0.4, -0.2) is 17.6 Å². The number of hydrogen-bond donors (Lipinski definition) is 3. The molecule has 4 heteroatoms. The van der Waals surface area contributed by atoms with E-state index in [-0.39, 0.29) is 0 Å². The quantitative estimate of drug-likeness (QED) is 0.0581. The number of hydrazine groups is 1. The van der Waals surface area contributed by atoms with Crippen molar-refractivity contribution in [3.8, 4) is 0 Å². The molecule has 4 nitrogen and oxygen atoms in total. The highest BCUT2D eigenvalue weighted by molar-refractivity contribution is 5.66. The lowest BCUT2D eigenvalue weighted by atomic mass is 10.0. The van der Waals surface area contributed by atoms with Crippen LogP contribution in [0.5, 0.6) is 0 Å². The summed E-state index contributed by atoms with van der Waals surface area (Å²) in [4.78, 5) is 10.4. The Kier molecular flexibility index (Phi) is 28.9. The van der Waals surface area contributed by atoms with E-state index in [1.165, 1.54) is 154 Å². The van der Waals surface area contributed by atoms with Gasteiger partial charge in [0.05, 0.1) is 0 Å². The SMILES string of the molecule is NNCCCCCCCCCCCCCCCCCCCCCCCCCCCCC(=O)O. The van der Waals surface area contributed by atoms with E-state index in [2.05, 4.69) is 5.43 Å².